The molecule has 1 fully saturated rings. The van der Waals surface area contributed by atoms with Crippen LogP contribution in [-0.4, -0.2) is 55.7 Å². The highest BCUT2D eigenvalue weighted by Gasteiger charge is 2.38. The van der Waals surface area contributed by atoms with Gasteiger partial charge in [0.2, 0.25) is 0 Å². The molecule has 1 aliphatic rings. The predicted octanol–water partition coefficient (Wildman–Crippen LogP) is 5.66. The lowest BCUT2D eigenvalue weighted by molar-refractivity contribution is 0.0172. The van der Waals surface area contributed by atoms with Crippen molar-refractivity contribution in [1.29, 1.82) is 0 Å². The van der Waals surface area contributed by atoms with Crippen LogP contribution in [0.2, 0.25) is 10.0 Å². The molecule has 0 bridgehead atoms. The van der Waals surface area contributed by atoms with Crippen LogP contribution in [-0.2, 0) is 4.74 Å². The van der Waals surface area contributed by atoms with Crippen molar-refractivity contribution in [3.05, 3.63) is 58.2 Å². The zero-order chi connectivity index (χ0) is 27.8. The van der Waals surface area contributed by atoms with Gasteiger partial charge in [-0.15, -0.1) is 0 Å². The van der Waals surface area contributed by atoms with Gasteiger partial charge in [0, 0.05) is 40.7 Å². The summed E-state index contributed by atoms with van der Waals surface area (Å²) in [6, 6.07) is 3.79. The predicted molar refractivity (Wildman–Crippen MR) is 143 cm³/mol. The number of ether oxygens (including phenoxy) is 2. The minimum Gasteiger partial charge on any atom is -0.482 e. The maximum Gasteiger partial charge on any atom is 0.410 e. The highest BCUT2D eigenvalue weighted by molar-refractivity contribution is 6.36. The minimum atomic E-state index is -0.708. The summed E-state index contributed by atoms with van der Waals surface area (Å²) >= 11 is 12.4. The summed E-state index contributed by atoms with van der Waals surface area (Å²) in [4.78, 5) is 18.4. The van der Waals surface area contributed by atoms with Crippen LogP contribution in [0.5, 0.6) is 5.75 Å². The molecule has 1 aromatic carbocycles. The number of pyridine rings is 1. The van der Waals surface area contributed by atoms with Gasteiger partial charge in [0.05, 0.1) is 29.9 Å². The molecule has 1 amide bonds. The Balaban J connectivity index is 1.53. The Morgan fingerprint density at radius 3 is 2.71 bits per heavy atom. The monoisotopic (exact) mass is 565 g/mol. The van der Waals surface area contributed by atoms with Gasteiger partial charge in [-0.3, -0.25) is 4.68 Å². The Morgan fingerprint density at radius 1 is 1.29 bits per heavy atom. The number of nitrogen functional groups attached to an aromatic ring is 1. The van der Waals surface area contributed by atoms with E-state index in [0.29, 0.717) is 24.1 Å². The molecule has 3 aromatic rings. The quantitative estimate of drug-likeness (QED) is 0.370. The minimum absolute atomic E-state index is 0.118. The number of carbonyl (C=O) groups excluding carboxylic acids is 1. The van der Waals surface area contributed by atoms with Crippen LogP contribution in [0.25, 0.3) is 11.1 Å². The van der Waals surface area contributed by atoms with Crippen LogP contribution >= 0.6 is 23.2 Å². The second-order valence-corrected chi connectivity index (χ2v) is 11.0. The fourth-order valence-corrected chi connectivity index (χ4v) is 5.04. The van der Waals surface area contributed by atoms with E-state index in [1.165, 1.54) is 17.0 Å². The summed E-state index contributed by atoms with van der Waals surface area (Å²) < 4.78 is 27.3. The molecule has 204 valence electrons. The lowest BCUT2D eigenvalue weighted by Gasteiger charge is -2.27. The van der Waals surface area contributed by atoms with E-state index in [1.54, 1.807) is 50.8 Å². The third-order valence-electron chi connectivity index (χ3n) is 6.21. The first kappa shape index (κ1) is 27.9. The topological polar surface area (TPSA) is 116 Å². The maximum atomic E-state index is 14.0. The highest BCUT2D eigenvalue weighted by Crippen LogP contribution is 2.37. The maximum absolute atomic E-state index is 14.0. The molecule has 9 nitrogen and oxygen atoms in total. The number of hydrogen-bond acceptors (Lipinski definition) is 7. The number of aliphatic hydroxyl groups is 1. The van der Waals surface area contributed by atoms with E-state index in [1.807, 2.05) is 6.20 Å². The number of aliphatic hydroxyl groups excluding tert-OH is 1. The Hall–Kier alpha value is -3.08. The van der Waals surface area contributed by atoms with Crippen LogP contribution in [0.3, 0.4) is 0 Å². The molecule has 0 saturated carbocycles. The van der Waals surface area contributed by atoms with Crippen LogP contribution < -0.4 is 10.5 Å². The van der Waals surface area contributed by atoms with Crippen LogP contribution in [0.1, 0.15) is 51.8 Å². The number of carbonyl (C=O) groups is 1. The molecule has 4 rings (SSSR count). The van der Waals surface area contributed by atoms with E-state index in [-0.39, 0.29) is 40.3 Å². The SMILES string of the molecule is C[C@@H](Oc1cc(-c2cnn(C3C[C@@H](CO)N(C(=O)OC(C)(C)C)C3)c2)cnc1N)c1c(Cl)ccc(F)c1Cl. The number of nitrogens with two attached hydrogens (primary N) is 1. The highest BCUT2D eigenvalue weighted by atomic mass is 35.5. The third-order valence-corrected chi connectivity index (χ3v) is 6.93. The van der Waals surface area contributed by atoms with Gasteiger partial charge in [0.25, 0.3) is 0 Å². The van der Waals surface area contributed by atoms with Crippen molar-refractivity contribution in [3.63, 3.8) is 0 Å². The van der Waals surface area contributed by atoms with Gasteiger partial charge in [-0.05, 0) is 52.3 Å². The summed E-state index contributed by atoms with van der Waals surface area (Å²) in [5, 5.41) is 14.5. The summed E-state index contributed by atoms with van der Waals surface area (Å²) in [6.07, 6.45) is 4.44. The second kappa shape index (κ2) is 11.0. The normalized spacial score (nSPS) is 18.5. The van der Waals surface area contributed by atoms with Gasteiger partial charge < -0.3 is 25.2 Å². The Labute approximate surface area is 230 Å². The smallest absolute Gasteiger partial charge is 0.410 e. The first-order valence-electron chi connectivity index (χ1n) is 12.1. The molecule has 0 aliphatic carbocycles. The average molecular weight is 566 g/mol. The zero-order valence-electron chi connectivity index (χ0n) is 21.5. The van der Waals surface area contributed by atoms with Crippen molar-refractivity contribution < 1.29 is 23.8 Å². The number of benzene rings is 1. The number of hydrogen-bond donors (Lipinski definition) is 2. The summed E-state index contributed by atoms with van der Waals surface area (Å²) in [5.41, 5.74) is 7.15. The summed E-state index contributed by atoms with van der Waals surface area (Å²) in [5.74, 6) is -0.183. The number of halogens is 3. The average Bonchev–Trinajstić information content (AvgIpc) is 3.49. The molecule has 1 unspecified atom stereocenters. The molecule has 2 aromatic heterocycles. The van der Waals surface area contributed by atoms with Crippen molar-refractivity contribution in [3.8, 4) is 16.9 Å². The molecule has 38 heavy (non-hydrogen) atoms. The Bertz CT molecular complexity index is 1330. The zero-order valence-corrected chi connectivity index (χ0v) is 23.0. The molecule has 0 radical (unpaired) electrons. The van der Waals surface area contributed by atoms with E-state index in [9.17, 15) is 14.3 Å². The van der Waals surface area contributed by atoms with E-state index in [4.69, 9.17) is 38.4 Å². The number of amides is 1. The van der Waals surface area contributed by atoms with Crippen molar-refractivity contribution >= 4 is 35.1 Å². The van der Waals surface area contributed by atoms with Crippen molar-refractivity contribution in [2.75, 3.05) is 18.9 Å². The van der Waals surface area contributed by atoms with E-state index in [2.05, 4.69) is 10.1 Å². The van der Waals surface area contributed by atoms with Gasteiger partial charge >= 0.3 is 6.09 Å². The van der Waals surface area contributed by atoms with Gasteiger partial charge in [-0.1, -0.05) is 23.2 Å². The fourth-order valence-electron chi connectivity index (χ4n) is 4.36. The lowest BCUT2D eigenvalue weighted by atomic mass is 10.1. The van der Waals surface area contributed by atoms with Crippen molar-refractivity contribution in [2.24, 2.45) is 0 Å². The Morgan fingerprint density at radius 2 is 2.03 bits per heavy atom. The van der Waals surface area contributed by atoms with E-state index >= 15 is 0 Å². The standard InChI is InChI=1S/C26H30Cl2FN5O4/c1-14(22-19(27)5-6-20(29)23(22)28)37-21-7-15(9-31-24(21)30)16-10-32-34(11-16)17-8-18(13-35)33(12-17)25(36)38-26(2,3)4/h5-7,9-11,14,17-18,35H,8,12-13H2,1-4H3,(H2,30,31)/t14-,17?,18+/m1/s1. The summed E-state index contributed by atoms with van der Waals surface area (Å²) in [7, 11) is 0. The number of rotatable bonds is 6. The van der Waals surface area contributed by atoms with Crippen LogP contribution in [0.15, 0.2) is 36.8 Å². The van der Waals surface area contributed by atoms with Crippen LogP contribution in [0.4, 0.5) is 15.0 Å². The molecule has 3 heterocycles. The van der Waals surface area contributed by atoms with Crippen LogP contribution in [0, 0.1) is 5.82 Å². The molecule has 3 atom stereocenters. The van der Waals surface area contributed by atoms with E-state index in [0.717, 1.165) is 5.56 Å². The Kier molecular flexibility index (Phi) is 8.06. The lowest BCUT2D eigenvalue weighted by Crippen LogP contribution is -2.41. The van der Waals surface area contributed by atoms with Crippen molar-refractivity contribution in [2.45, 2.75) is 57.9 Å². The third kappa shape index (κ3) is 5.98. The second-order valence-electron chi connectivity index (χ2n) is 10.2. The molecule has 3 N–H and O–H groups in total. The number of aromatic nitrogens is 3. The van der Waals surface area contributed by atoms with E-state index < -0.39 is 23.6 Å². The van der Waals surface area contributed by atoms with Crippen molar-refractivity contribution in [1.82, 2.24) is 19.7 Å². The van der Waals surface area contributed by atoms with Gasteiger partial charge in [-0.2, -0.15) is 5.10 Å². The number of nitrogens with zero attached hydrogens (tertiary/aromatic N) is 4. The largest absolute Gasteiger partial charge is 0.482 e. The molecule has 1 aliphatic heterocycles. The molecule has 0 spiro atoms. The first-order chi connectivity index (χ1) is 17.9. The fraction of sp³-hybridized carbons (Fsp3) is 0.423. The number of anilines is 1. The molecular formula is C26H30Cl2FN5O4. The summed E-state index contributed by atoms with van der Waals surface area (Å²) in [6.45, 7) is 7.25. The van der Waals surface area contributed by atoms with Gasteiger partial charge in [0.15, 0.2) is 11.6 Å². The molecular weight excluding hydrogens is 536 g/mol. The molecule has 12 heteroatoms. The van der Waals surface area contributed by atoms with Gasteiger partial charge in [0.1, 0.15) is 17.5 Å². The molecule has 1 saturated heterocycles. The van der Waals surface area contributed by atoms with Gasteiger partial charge in [-0.25, -0.2) is 14.2 Å². The number of likely N-dealkylation sites (tertiary alicyclic amines) is 1. The first-order valence-corrected chi connectivity index (χ1v) is 12.8.